The number of aromatic amines is 1. The number of nitrogens with one attached hydrogen (secondary N) is 2. The molecule has 27 heavy (non-hydrogen) atoms. The number of fused-ring (bicyclic) bond motifs is 1. The molecule has 7 heteroatoms. The molecular formula is C20H24N4O3. The third-order valence-electron chi connectivity index (χ3n) is 5.16. The molecular weight excluding hydrogens is 344 g/mol. The third kappa shape index (κ3) is 3.47. The minimum atomic E-state index is -0.109. The maximum absolute atomic E-state index is 12.5. The van der Waals surface area contributed by atoms with E-state index in [0.29, 0.717) is 18.1 Å². The minimum absolute atomic E-state index is 0.0663. The summed E-state index contributed by atoms with van der Waals surface area (Å²) >= 11 is 0. The Labute approximate surface area is 157 Å². The van der Waals surface area contributed by atoms with Crippen molar-refractivity contribution in [1.29, 1.82) is 0 Å². The monoisotopic (exact) mass is 368 g/mol. The molecule has 1 aliphatic heterocycles. The Balaban J connectivity index is 1.43. The van der Waals surface area contributed by atoms with Gasteiger partial charge in [-0.15, -0.1) is 0 Å². The van der Waals surface area contributed by atoms with E-state index in [9.17, 15) is 4.79 Å². The molecule has 0 aliphatic carbocycles. The normalized spacial score (nSPS) is 16.9. The van der Waals surface area contributed by atoms with Gasteiger partial charge in [0, 0.05) is 23.2 Å². The van der Waals surface area contributed by atoms with Crippen molar-refractivity contribution < 1.29 is 14.1 Å². The Morgan fingerprint density at radius 3 is 2.89 bits per heavy atom. The van der Waals surface area contributed by atoms with Gasteiger partial charge in [0.2, 0.25) is 5.91 Å². The van der Waals surface area contributed by atoms with Gasteiger partial charge in [0.1, 0.15) is 6.10 Å². The molecule has 1 unspecified atom stereocenters. The third-order valence-corrected chi connectivity index (χ3v) is 5.16. The van der Waals surface area contributed by atoms with E-state index in [0.717, 1.165) is 41.6 Å². The van der Waals surface area contributed by atoms with Gasteiger partial charge in [0.15, 0.2) is 5.82 Å². The Morgan fingerprint density at radius 2 is 2.11 bits per heavy atom. The van der Waals surface area contributed by atoms with Crippen molar-refractivity contribution in [2.75, 3.05) is 6.61 Å². The van der Waals surface area contributed by atoms with Crippen LogP contribution in [0.1, 0.15) is 53.0 Å². The molecule has 1 saturated heterocycles. The van der Waals surface area contributed by atoms with E-state index >= 15 is 0 Å². The molecule has 2 aromatic heterocycles. The van der Waals surface area contributed by atoms with Crippen LogP contribution in [-0.4, -0.2) is 27.6 Å². The molecule has 0 spiro atoms. The minimum Gasteiger partial charge on any atom is -0.368 e. The van der Waals surface area contributed by atoms with Crippen LogP contribution in [0, 0.1) is 20.8 Å². The lowest BCUT2D eigenvalue weighted by Crippen LogP contribution is -2.25. The van der Waals surface area contributed by atoms with Crippen LogP contribution >= 0.6 is 0 Å². The van der Waals surface area contributed by atoms with Crippen molar-refractivity contribution >= 4 is 16.8 Å². The summed E-state index contributed by atoms with van der Waals surface area (Å²) < 4.78 is 10.8. The van der Waals surface area contributed by atoms with Crippen molar-refractivity contribution in [1.82, 2.24) is 20.4 Å². The number of benzene rings is 1. The van der Waals surface area contributed by atoms with Crippen LogP contribution in [0.25, 0.3) is 10.9 Å². The number of aryl methyl sites for hydroxylation is 3. The summed E-state index contributed by atoms with van der Waals surface area (Å²) in [6.07, 6.45) is 2.10. The number of nitrogens with zero attached hydrogens (tertiary/aromatic N) is 2. The van der Waals surface area contributed by atoms with Crippen molar-refractivity contribution in [3.05, 3.63) is 46.2 Å². The van der Waals surface area contributed by atoms with E-state index in [2.05, 4.69) is 46.4 Å². The highest BCUT2D eigenvalue weighted by Gasteiger charge is 2.24. The number of ether oxygens (including phenoxy) is 1. The predicted octanol–water partition coefficient (Wildman–Crippen LogP) is 3.19. The number of hydrogen-bond donors (Lipinski definition) is 2. The number of H-pyrrole nitrogens is 1. The van der Waals surface area contributed by atoms with Gasteiger partial charge in [-0.25, -0.2) is 0 Å². The van der Waals surface area contributed by atoms with Gasteiger partial charge < -0.3 is 19.6 Å². The van der Waals surface area contributed by atoms with Crippen LogP contribution in [0.2, 0.25) is 0 Å². The lowest BCUT2D eigenvalue weighted by molar-refractivity contribution is -0.120. The zero-order valence-corrected chi connectivity index (χ0v) is 15.9. The second kappa shape index (κ2) is 7.15. The fourth-order valence-electron chi connectivity index (χ4n) is 3.68. The molecule has 0 radical (unpaired) electrons. The molecule has 2 N–H and O–H groups in total. The molecule has 1 atom stereocenters. The summed E-state index contributed by atoms with van der Waals surface area (Å²) in [6, 6.07) is 4.19. The Bertz CT molecular complexity index is 983. The van der Waals surface area contributed by atoms with Crippen molar-refractivity contribution in [3.8, 4) is 0 Å². The quantitative estimate of drug-likeness (QED) is 0.721. The van der Waals surface area contributed by atoms with Crippen LogP contribution < -0.4 is 5.32 Å². The highest BCUT2D eigenvalue weighted by molar-refractivity contribution is 5.93. The summed E-state index contributed by atoms with van der Waals surface area (Å²) in [6.45, 7) is 7.12. The van der Waals surface area contributed by atoms with Crippen LogP contribution in [0.15, 0.2) is 16.7 Å². The van der Waals surface area contributed by atoms with Gasteiger partial charge in [0.25, 0.3) is 5.89 Å². The van der Waals surface area contributed by atoms with Gasteiger partial charge >= 0.3 is 0 Å². The number of aromatic nitrogens is 3. The molecule has 1 amide bonds. The van der Waals surface area contributed by atoms with Crippen molar-refractivity contribution in [3.63, 3.8) is 0 Å². The van der Waals surface area contributed by atoms with E-state index in [1.165, 1.54) is 11.1 Å². The summed E-state index contributed by atoms with van der Waals surface area (Å²) in [7, 11) is 0. The van der Waals surface area contributed by atoms with E-state index in [-0.39, 0.29) is 18.6 Å². The number of hydrogen-bond acceptors (Lipinski definition) is 5. The zero-order valence-electron chi connectivity index (χ0n) is 15.9. The molecule has 1 aromatic carbocycles. The first-order valence-corrected chi connectivity index (χ1v) is 9.31. The molecule has 0 bridgehead atoms. The highest BCUT2D eigenvalue weighted by atomic mass is 16.5. The summed E-state index contributed by atoms with van der Waals surface area (Å²) in [5.74, 6) is 0.898. The number of amides is 1. The average Bonchev–Trinajstić information content (AvgIpc) is 3.37. The van der Waals surface area contributed by atoms with Crippen LogP contribution in [0.4, 0.5) is 0 Å². The smallest absolute Gasteiger partial charge is 0.255 e. The number of rotatable bonds is 5. The SMILES string of the molecule is Cc1[nH]c2c(C)ccc(C)c2c1CC(=O)NCc1noc(C2CCCO2)n1. The van der Waals surface area contributed by atoms with Crippen LogP contribution in [-0.2, 0) is 22.5 Å². The van der Waals surface area contributed by atoms with E-state index in [1.54, 1.807) is 0 Å². The van der Waals surface area contributed by atoms with Crippen LogP contribution in [0.3, 0.4) is 0 Å². The van der Waals surface area contributed by atoms with Gasteiger partial charge in [-0.1, -0.05) is 17.3 Å². The van der Waals surface area contributed by atoms with E-state index < -0.39 is 0 Å². The molecule has 3 aromatic rings. The lowest BCUT2D eigenvalue weighted by atomic mass is 10.0. The fraction of sp³-hybridized carbons (Fsp3) is 0.450. The molecule has 7 nitrogen and oxygen atoms in total. The van der Waals surface area contributed by atoms with Crippen LogP contribution in [0.5, 0.6) is 0 Å². The van der Waals surface area contributed by atoms with Crippen molar-refractivity contribution in [2.24, 2.45) is 0 Å². The average molecular weight is 368 g/mol. The zero-order chi connectivity index (χ0) is 19.0. The highest BCUT2D eigenvalue weighted by Crippen LogP contribution is 2.29. The topological polar surface area (TPSA) is 93.0 Å². The molecule has 0 saturated carbocycles. The van der Waals surface area contributed by atoms with E-state index in [4.69, 9.17) is 9.26 Å². The van der Waals surface area contributed by atoms with Gasteiger partial charge in [-0.2, -0.15) is 4.98 Å². The van der Waals surface area contributed by atoms with Crippen molar-refractivity contribution in [2.45, 2.75) is 52.7 Å². The molecule has 4 rings (SSSR count). The van der Waals surface area contributed by atoms with E-state index in [1.807, 2.05) is 6.92 Å². The molecule has 142 valence electrons. The Kier molecular flexibility index (Phi) is 4.70. The second-order valence-corrected chi connectivity index (χ2v) is 7.18. The lowest BCUT2D eigenvalue weighted by Gasteiger charge is -2.06. The first-order valence-electron chi connectivity index (χ1n) is 9.31. The standard InChI is InChI=1S/C20H24N4O3/c1-11-6-7-12(2)19-18(11)14(13(3)22-19)9-17(25)21-10-16-23-20(27-24-16)15-5-4-8-26-15/h6-7,15,22H,4-5,8-10H2,1-3H3,(H,21,25). The number of carbonyl (C=O) groups is 1. The predicted molar refractivity (Wildman–Crippen MR) is 100 cm³/mol. The second-order valence-electron chi connectivity index (χ2n) is 7.18. The maximum atomic E-state index is 12.5. The Morgan fingerprint density at radius 1 is 1.30 bits per heavy atom. The summed E-state index contributed by atoms with van der Waals surface area (Å²) in [5.41, 5.74) is 5.52. The summed E-state index contributed by atoms with van der Waals surface area (Å²) in [4.78, 5) is 20.3. The number of carbonyl (C=O) groups excluding carboxylic acids is 1. The fourth-order valence-corrected chi connectivity index (χ4v) is 3.68. The first-order chi connectivity index (χ1) is 13.0. The molecule has 3 heterocycles. The van der Waals surface area contributed by atoms with Gasteiger partial charge in [-0.3, -0.25) is 4.79 Å². The molecule has 1 fully saturated rings. The summed E-state index contributed by atoms with van der Waals surface area (Å²) in [5, 5.41) is 7.97. The molecule has 1 aliphatic rings. The maximum Gasteiger partial charge on any atom is 0.255 e. The van der Waals surface area contributed by atoms with Gasteiger partial charge in [0.05, 0.1) is 13.0 Å². The van der Waals surface area contributed by atoms with Gasteiger partial charge in [-0.05, 0) is 50.3 Å². The largest absolute Gasteiger partial charge is 0.368 e. The Hall–Kier alpha value is -2.67. The first kappa shape index (κ1) is 17.7.